The summed E-state index contributed by atoms with van der Waals surface area (Å²) in [5.41, 5.74) is 6.36. The van der Waals surface area contributed by atoms with Crippen molar-refractivity contribution in [3.8, 4) is 0 Å². The SMILES string of the molecule is CCC(C)C(=O)N/C(=C(\C)C(N)=O)c1ccc(F)cc1. The standard InChI is InChI=1S/C15H19FN2O2/c1-4-9(2)15(20)18-13(10(3)14(17)19)11-5-7-12(16)8-6-11/h5-9H,4H2,1-3H3,(H2,17,19)(H,18,20)/b13-10+. The summed E-state index contributed by atoms with van der Waals surface area (Å²) in [6.45, 7) is 5.21. The van der Waals surface area contributed by atoms with Crippen molar-refractivity contribution in [2.45, 2.75) is 27.2 Å². The van der Waals surface area contributed by atoms with Crippen molar-refractivity contribution in [3.05, 3.63) is 41.2 Å². The number of primary amides is 1. The number of rotatable bonds is 5. The molecule has 0 saturated heterocycles. The first-order valence-electron chi connectivity index (χ1n) is 6.44. The van der Waals surface area contributed by atoms with E-state index in [1.165, 1.54) is 31.2 Å². The smallest absolute Gasteiger partial charge is 0.246 e. The predicted octanol–water partition coefficient (Wildman–Crippen LogP) is 2.20. The van der Waals surface area contributed by atoms with Gasteiger partial charge in [0, 0.05) is 11.5 Å². The zero-order valence-corrected chi connectivity index (χ0v) is 11.9. The van der Waals surface area contributed by atoms with Gasteiger partial charge in [0.2, 0.25) is 11.8 Å². The van der Waals surface area contributed by atoms with Crippen molar-refractivity contribution in [2.24, 2.45) is 11.7 Å². The Hall–Kier alpha value is -2.17. The van der Waals surface area contributed by atoms with E-state index in [0.717, 1.165) is 0 Å². The van der Waals surface area contributed by atoms with Crippen LogP contribution in [0.5, 0.6) is 0 Å². The second-order valence-corrected chi connectivity index (χ2v) is 4.67. The number of hydrogen-bond acceptors (Lipinski definition) is 2. The zero-order valence-electron chi connectivity index (χ0n) is 11.9. The van der Waals surface area contributed by atoms with E-state index in [4.69, 9.17) is 5.73 Å². The van der Waals surface area contributed by atoms with Crippen molar-refractivity contribution in [3.63, 3.8) is 0 Å². The fraction of sp³-hybridized carbons (Fsp3) is 0.333. The summed E-state index contributed by atoms with van der Waals surface area (Å²) in [6.07, 6.45) is 0.679. The lowest BCUT2D eigenvalue weighted by Crippen LogP contribution is -2.30. The van der Waals surface area contributed by atoms with E-state index in [-0.39, 0.29) is 17.4 Å². The van der Waals surface area contributed by atoms with Gasteiger partial charge in [0.25, 0.3) is 0 Å². The summed E-state index contributed by atoms with van der Waals surface area (Å²) in [5.74, 6) is -1.41. The third-order valence-electron chi connectivity index (χ3n) is 3.19. The van der Waals surface area contributed by atoms with Crippen LogP contribution in [0.25, 0.3) is 5.70 Å². The Bertz CT molecular complexity index is 535. The molecule has 1 aromatic carbocycles. The number of nitrogens with two attached hydrogens (primary N) is 1. The van der Waals surface area contributed by atoms with Crippen LogP contribution in [0.1, 0.15) is 32.8 Å². The Morgan fingerprint density at radius 3 is 2.30 bits per heavy atom. The van der Waals surface area contributed by atoms with Crippen molar-refractivity contribution in [2.75, 3.05) is 0 Å². The van der Waals surface area contributed by atoms with Gasteiger partial charge in [0.1, 0.15) is 5.82 Å². The van der Waals surface area contributed by atoms with Crippen LogP contribution in [-0.4, -0.2) is 11.8 Å². The number of nitrogens with one attached hydrogen (secondary N) is 1. The van der Waals surface area contributed by atoms with E-state index >= 15 is 0 Å². The highest BCUT2D eigenvalue weighted by Crippen LogP contribution is 2.17. The second kappa shape index (κ2) is 6.84. The van der Waals surface area contributed by atoms with E-state index < -0.39 is 11.7 Å². The summed E-state index contributed by atoms with van der Waals surface area (Å²) in [4.78, 5) is 23.3. The van der Waals surface area contributed by atoms with Gasteiger partial charge < -0.3 is 11.1 Å². The molecule has 0 radical (unpaired) electrons. The van der Waals surface area contributed by atoms with Crippen LogP contribution >= 0.6 is 0 Å². The molecule has 1 aromatic rings. The molecule has 4 nitrogen and oxygen atoms in total. The maximum Gasteiger partial charge on any atom is 0.246 e. The summed E-state index contributed by atoms with van der Waals surface area (Å²) in [7, 11) is 0. The molecule has 0 fully saturated rings. The lowest BCUT2D eigenvalue weighted by atomic mass is 10.0. The highest BCUT2D eigenvalue weighted by atomic mass is 19.1. The van der Waals surface area contributed by atoms with Crippen molar-refractivity contribution >= 4 is 17.5 Å². The van der Waals surface area contributed by atoms with Gasteiger partial charge in [0.05, 0.1) is 5.70 Å². The molecule has 0 aromatic heterocycles. The quantitative estimate of drug-likeness (QED) is 0.810. The molecule has 3 N–H and O–H groups in total. The number of carbonyl (C=O) groups is 2. The Morgan fingerprint density at radius 2 is 1.85 bits per heavy atom. The Kier molecular flexibility index (Phi) is 5.43. The molecule has 108 valence electrons. The van der Waals surface area contributed by atoms with Gasteiger partial charge in [-0.3, -0.25) is 9.59 Å². The van der Waals surface area contributed by atoms with Gasteiger partial charge in [-0.25, -0.2) is 4.39 Å². The number of amides is 2. The lowest BCUT2D eigenvalue weighted by molar-refractivity contribution is -0.123. The minimum atomic E-state index is -0.631. The van der Waals surface area contributed by atoms with Crippen LogP contribution in [0.2, 0.25) is 0 Å². The largest absolute Gasteiger partial charge is 0.366 e. The molecule has 0 saturated carbocycles. The lowest BCUT2D eigenvalue weighted by Gasteiger charge is -2.15. The topological polar surface area (TPSA) is 72.2 Å². The van der Waals surface area contributed by atoms with E-state index in [0.29, 0.717) is 17.7 Å². The third-order valence-corrected chi connectivity index (χ3v) is 3.19. The Labute approximate surface area is 117 Å². The van der Waals surface area contributed by atoms with Crippen LogP contribution in [0.15, 0.2) is 29.8 Å². The van der Waals surface area contributed by atoms with E-state index in [1.54, 1.807) is 6.92 Å². The second-order valence-electron chi connectivity index (χ2n) is 4.67. The van der Waals surface area contributed by atoms with Gasteiger partial charge in [-0.2, -0.15) is 0 Å². The normalized spacial score (nSPS) is 13.4. The number of hydrogen-bond donors (Lipinski definition) is 2. The summed E-state index contributed by atoms with van der Waals surface area (Å²) >= 11 is 0. The molecule has 5 heteroatoms. The molecular weight excluding hydrogens is 259 g/mol. The predicted molar refractivity (Wildman–Crippen MR) is 75.8 cm³/mol. The molecule has 1 unspecified atom stereocenters. The molecule has 0 bridgehead atoms. The highest BCUT2D eigenvalue weighted by molar-refractivity contribution is 6.02. The first-order valence-corrected chi connectivity index (χ1v) is 6.44. The average Bonchev–Trinajstić information content (AvgIpc) is 2.43. The monoisotopic (exact) mass is 278 g/mol. The van der Waals surface area contributed by atoms with Gasteiger partial charge in [-0.05, 0) is 43.2 Å². The van der Waals surface area contributed by atoms with E-state index in [2.05, 4.69) is 5.32 Å². The maximum absolute atomic E-state index is 13.0. The van der Waals surface area contributed by atoms with E-state index in [1.807, 2.05) is 6.92 Å². The summed E-state index contributed by atoms with van der Waals surface area (Å²) in [5, 5.41) is 2.70. The van der Waals surface area contributed by atoms with Gasteiger partial charge in [-0.1, -0.05) is 13.8 Å². The molecular formula is C15H19FN2O2. The van der Waals surface area contributed by atoms with Crippen molar-refractivity contribution in [1.29, 1.82) is 0 Å². The minimum Gasteiger partial charge on any atom is -0.366 e. The molecule has 1 atom stereocenters. The summed E-state index contributed by atoms with van der Waals surface area (Å²) < 4.78 is 13.0. The molecule has 0 aliphatic carbocycles. The average molecular weight is 278 g/mol. The van der Waals surface area contributed by atoms with Gasteiger partial charge >= 0.3 is 0 Å². The number of benzene rings is 1. The number of halogens is 1. The van der Waals surface area contributed by atoms with E-state index in [9.17, 15) is 14.0 Å². The van der Waals surface area contributed by atoms with Gasteiger partial charge in [0.15, 0.2) is 0 Å². The van der Waals surface area contributed by atoms with Crippen LogP contribution in [0.4, 0.5) is 4.39 Å². The molecule has 0 aliphatic rings. The minimum absolute atomic E-state index is 0.189. The molecule has 0 aliphatic heterocycles. The fourth-order valence-corrected chi connectivity index (χ4v) is 1.55. The highest BCUT2D eigenvalue weighted by Gasteiger charge is 2.16. The fourth-order valence-electron chi connectivity index (χ4n) is 1.55. The van der Waals surface area contributed by atoms with Crippen LogP contribution < -0.4 is 11.1 Å². The van der Waals surface area contributed by atoms with Crippen molar-refractivity contribution < 1.29 is 14.0 Å². The molecule has 20 heavy (non-hydrogen) atoms. The van der Waals surface area contributed by atoms with Crippen molar-refractivity contribution in [1.82, 2.24) is 5.32 Å². The molecule has 0 spiro atoms. The van der Waals surface area contributed by atoms with Crippen LogP contribution in [0, 0.1) is 11.7 Å². The first kappa shape index (κ1) is 15.9. The molecule has 1 rings (SSSR count). The molecule has 2 amide bonds. The number of carbonyl (C=O) groups excluding carboxylic acids is 2. The Balaban J connectivity index is 3.17. The zero-order chi connectivity index (χ0) is 15.3. The van der Waals surface area contributed by atoms with Crippen LogP contribution in [0.3, 0.4) is 0 Å². The van der Waals surface area contributed by atoms with Gasteiger partial charge in [-0.15, -0.1) is 0 Å². The Morgan fingerprint density at radius 1 is 1.30 bits per heavy atom. The first-order chi connectivity index (χ1) is 9.36. The summed E-state index contributed by atoms with van der Waals surface area (Å²) in [6, 6.07) is 5.51. The third kappa shape index (κ3) is 3.91. The van der Waals surface area contributed by atoms with Crippen LogP contribution in [-0.2, 0) is 9.59 Å². The molecule has 0 heterocycles. The maximum atomic E-state index is 13.0.